The Kier molecular flexibility index (Phi) is 5.21. The molecule has 0 spiro atoms. The average molecular weight is 329 g/mol. The Balaban J connectivity index is 1.61. The topological polar surface area (TPSA) is 50.5 Å². The fourth-order valence-corrected chi connectivity index (χ4v) is 3.61. The fraction of sp³-hybridized carbons (Fsp3) is 0.526. The van der Waals surface area contributed by atoms with E-state index >= 15 is 0 Å². The van der Waals surface area contributed by atoms with E-state index in [9.17, 15) is 5.11 Å². The van der Waals surface area contributed by atoms with Crippen LogP contribution in [0.2, 0.25) is 0 Å². The van der Waals surface area contributed by atoms with Crippen molar-refractivity contribution >= 4 is 0 Å². The normalized spacial score (nSPS) is 19.2. The molecular formula is C19H27N3O2. The molecule has 1 aliphatic rings. The van der Waals surface area contributed by atoms with Gasteiger partial charge in [0.25, 0.3) is 0 Å². The smallest absolute Gasteiger partial charge is 0.137 e. The van der Waals surface area contributed by atoms with Crippen molar-refractivity contribution in [1.29, 1.82) is 0 Å². The highest BCUT2D eigenvalue weighted by Gasteiger charge is 2.30. The van der Waals surface area contributed by atoms with Gasteiger partial charge in [-0.3, -0.25) is 4.90 Å². The molecular weight excluding hydrogens is 302 g/mol. The van der Waals surface area contributed by atoms with E-state index in [1.165, 1.54) is 5.56 Å². The molecule has 1 N–H and O–H groups in total. The zero-order valence-corrected chi connectivity index (χ0v) is 14.7. The first-order valence-corrected chi connectivity index (χ1v) is 8.63. The maximum absolute atomic E-state index is 10.6. The van der Waals surface area contributed by atoms with Gasteiger partial charge in [0.2, 0.25) is 0 Å². The summed E-state index contributed by atoms with van der Waals surface area (Å²) in [5.74, 6) is 1.95. The highest BCUT2D eigenvalue weighted by Crippen LogP contribution is 2.33. The van der Waals surface area contributed by atoms with Crippen LogP contribution in [0.5, 0.6) is 5.75 Å². The third-order valence-electron chi connectivity index (χ3n) is 5.27. The molecule has 3 rings (SSSR count). The van der Waals surface area contributed by atoms with E-state index in [2.05, 4.69) is 28.9 Å². The molecule has 0 bridgehead atoms. The molecule has 0 aliphatic carbocycles. The van der Waals surface area contributed by atoms with E-state index in [1.807, 2.05) is 29.9 Å². The first-order valence-electron chi connectivity index (χ1n) is 8.63. The standard InChI is InChI=1S/C19H27N3O2/c1-14(16-5-4-6-17(13-16)24-3)22-10-7-15(8-11-22)18(23)19-20-9-12-21(19)2/h4-6,9,12-15,18,23H,7-8,10-11H2,1-3H3. The van der Waals surface area contributed by atoms with Crippen molar-refractivity contribution in [2.75, 3.05) is 20.2 Å². The minimum atomic E-state index is -0.473. The van der Waals surface area contributed by atoms with Gasteiger partial charge in [-0.25, -0.2) is 4.98 Å². The predicted molar refractivity (Wildman–Crippen MR) is 93.9 cm³/mol. The Morgan fingerprint density at radius 2 is 2.04 bits per heavy atom. The van der Waals surface area contributed by atoms with Crippen molar-refractivity contribution in [1.82, 2.24) is 14.5 Å². The predicted octanol–water partition coefficient (Wildman–Crippen LogP) is 2.94. The summed E-state index contributed by atoms with van der Waals surface area (Å²) in [4.78, 5) is 6.78. The lowest BCUT2D eigenvalue weighted by Crippen LogP contribution is -2.37. The van der Waals surface area contributed by atoms with E-state index in [0.717, 1.165) is 37.5 Å². The third-order valence-corrected chi connectivity index (χ3v) is 5.27. The van der Waals surface area contributed by atoms with Crippen LogP contribution in [0.15, 0.2) is 36.7 Å². The second-order valence-electron chi connectivity index (χ2n) is 6.67. The van der Waals surface area contributed by atoms with E-state index in [0.29, 0.717) is 6.04 Å². The first kappa shape index (κ1) is 17.0. The molecule has 2 heterocycles. The van der Waals surface area contributed by atoms with Crippen molar-refractivity contribution in [3.05, 3.63) is 48.0 Å². The lowest BCUT2D eigenvalue weighted by molar-refractivity contribution is 0.0406. The number of nitrogens with zero attached hydrogens (tertiary/aromatic N) is 3. The zero-order chi connectivity index (χ0) is 17.1. The van der Waals surface area contributed by atoms with Crippen LogP contribution < -0.4 is 4.74 Å². The van der Waals surface area contributed by atoms with Crippen LogP contribution in [-0.4, -0.2) is 39.8 Å². The Morgan fingerprint density at radius 1 is 1.29 bits per heavy atom. The third kappa shape index (κ3) is 3.47. The average Bonchev–Trinajstić information content (AvgIpc) is 3.06. The van der Waals surface area contributed by atoms with Crippen LogP contribution in [0.25, 0.3) is 0 Å². The summed E-state index contributed by atoms with van der Waals surface area (Å²) in [5.41, 5.74) is 1.28. The Hall–Kier alpha value is -1.85. The summed E-state index contributed by atoms with van der Waals surface area (Å²) in [5, 5.41) is 10.6. The SMILES string of the molecule is COc1cccc(C(C)N2CCC(C(O)c3nccn3C)CC2)c1. The van der Waals surface area contributed by atoms with Crippen LogP contribution in [0.4, 0.5) is 0 Å². The molecule has 1 fully saturated rings. The lowest BCUT2D eigenvalue weighted by Gasteiger charge is -2.37. The molecule has 1 aliphatic heterocycles. The van der Waals surface area contributed by atoms with Gasteiger partial charge in [0.15, 0.2) is 0 Å². The van der Waals surface area contributed by atoms with Crippen LogP contribution in [0.3, 0.4) is 0 Å². The van der Waals surface area contributed by atoms with Gasteiger partial charge in [0, 0.05) is 25.5 Å². The largest absolute Gasteiger partial charge is 0.497 e. The molecule has 5 heteroatoms. The minimum Gasteiger partial charge on any atom is -0.497 e. The van der Waals surface area contributed by atoms with Gasteiger partial charge in [-0.05, 0) is 56.5 Å². The zero-order valence-electron chi connectivity index (χ0n) is 14.7. The van der Waals surface area contributed by atoms with Gasteiger partial charge < -0.3 is 14.4 Å². The number of hydrogen-bond acceptors (Lipinski definition) is 4. The van der Waals surface area contributed by atoms with Gasteiger partial charge in [0.1, 0.15) is 17.7 Å². The molecule has 0 amide bonds. The van der Waals surface area contributed by atoms with Crippen molar-refractivity contribution < 1.29 is 9.84 Å². The van der Waals surface area contributed by atoms with Gasteiger partial charge in [-0.1, -0.05) is 12.1 Å². The molecule has 1 aromatic heterocycles. The van der Waals surface area contributed by atoms with Crippen molar-refractivity contribution in [3.8, 4) is 5.75 Å². The van der Waals surface area contributed by atoms with Crippen LogP contribution >= 0.6 is 0 Å². The number of hydrogen-bond donors (Lipinski definition) is 1. The number of aliphatic hydroxyl groups is 1. The highest BCUT2D eigenvalue weighted by atomic mass is 16.5. The number of likely N-dealkylation sites (tertiary alicyclic amines) is 1. The van der Waals surface area contributed by atoms with Crippen LogP contribution in [-0.2, 0) is 7.05 Å². The molecule has 24 heavy (non-hydrogen) atoms. The number of benzene rings is 1. The van der Waals surface area contributed by atoms with Gasteiger partial charge in [-0.2, -0.15) is 0 Å². The van der Waals surface area contributed by atoms with Gasteiger partial charge >= 0.3 is 0 Å². The summed E-state index contributed by atoms with van der Waals surface area (Å²) in [6.45, 7) is 4.22. The maximum atomic E-state index is 10.6. The quantitative estimate of drug-likeness (QED) is 0.916. The molecule has 1 aromatic carbocycles. The maximum Gasteiger partial charge on any atom is 0.137 e. The van der Waals surface area contributed by atoms with E-state index in [-0.39, 0.29) is 5.92 Å². The molecule has 0 saturated carbocycles. The van der Waals surface area contributed by atoms with Crippen LogP contribution in [0, 0.1) is 5.92 Å². The number of aryl methyl sites for hydroxylation is 1. The summed E-state index contributed by atoms with van der Waals surface area (Å²) in [6.07, 6.45) is 5.14. The van der Waals surface area contributed by atoms with Gasteiger partial charge in [-0.15, -0.1) is 0 Å². The molecule has 0 radical (unpaired) electrons. The second-order valence-corrected chi connectivity index (χ2v) is 6.67. The van der Waals surface area contributed by atoms with E-state index in [1.54, 1.807) is 13.3 Å². The number of aliphatic hydroxyl groups excluding tert-OH is 1. The molecule has 2 unspecified atom stereocenters. The number of aromatic nitrogens is 2. The van der Waals surface area contributed by atoms with Gasteiger partial charge in [0.05, 0.1) is 7.11 Å². The lowest BCUT2D eigenvalue weighted by atomic mass is 9.89. The first-order chi connectivity index (χ1) is 11.6. The number of imidazole rings is 1. The van der Waals surface area contributed by atoms with Crippen molar-refractivity contribution in [2.24, 2.45) is 13.0 Å². The van der Waals surface area contributed by atoms with E-state index in [4.69, 9.17) is 4.74 Å². The van der Waals surface area contributed by atoms with Crippen molar-refractivity contribution in [2.45, 2.75) is 31.9 Å². The molecule has 130 valence electrons. The molecule has 2 atom stereocenters. The monoisotopic (exact) mass is 329 g/mol. The number of ether oxygens (including phenoxy) is 1. The number of methoxy groups -OCH3 is 1. The number of piperidine rings is 1. The van der Waals surface area contributed by atoms with Crippen molar-refractivity contribution in [3.63, 3.8) is 0 Å². The fourth-order valence-electron chi connectivity index (χ4n) is 3.61. The summed E-state index contributed by atoms with van der Waals surface area (Å²) in [7, 11) is 3.64. The highest BCUT2D eigenvalue weighted by molar-refractivity contribution is 5.30. The van der Waals surface area contributed by atoms with E-state index < -0.39 is 6.10 Å². The second kappa shape index (κ2) is 7.36. The Morgan fingerprint density at radius 3 is 2.67 bits per heavy atom. The van der Waals surface area contributed by atoms with Crippen LogP contribution in [0.1, 0.15) is 43.3 Å². The minimum absolute atomic E-state index is 0.278. The summed E-state index contributed by atoms with van der Waals surface area (Å²) < 4.78 is 7.25. The summed E-state index contributed by atoms with van der Waals surface area (Å²) in [6, 6.07) is 8.64. The number of rotatable bonds is 5. The summed E-state index contributed by atoms with van der Waals surface area (Å²) >= 11 is 0. The Bertz CT molecular complexity index is 662. The molecule has 1 saturated heterocycles. The molecule has 5 nitrogen and oxygen atoms in total. The Labute approximate surface area is 143 Å². The molecule has 2 aromatic rings.